The quantitative estimate of drug-likeness (QED) is 0.308. The predicted octanol–water partition coefficient (Wildman–Crippen LogP) is 7.28. The summed E-state index contributed by atoms with van der Waals surface area (Å²) in [6.45, 7) is 4.52. The first-order valence-electron chi connectivity index (χ1n) is 8.93. The molecule has 0 atom stereocenters. The molecule has 0 spiro atoms. The van der Waals surface area contributed by atoms with E-state index in [2.05, 4.69) is 85.9 Å². The van der Waals surface area contributed by atoms with E-state index in [1.807, 2.05) is 0 Å². The molecule has 0 heterocycles. The third-order valence-electron chi connectivity index (χ3n) is 4.34. The van der Waals surface area contributed by atoms with Crippen molar-refractivity contribution in [2.45, 2.75) is 38.2 Å². The van der Waals surface area contributed by atoms with Crippen LogP contribution in [-0.2, 0) is 11.5 Å². The molecule has 0 aromatic heterocycles. The molecule has 0 aliphatic rings. The van der Waals surface area contributed by atoms with Crippen LogP contribution >= 0.6 is 23.5 Å². The van der Waals surface area contributed by atoms with Gasteiger partial charge in [-0.05, 0) is 57.0 Å². The number of benzene rings is 3. The standard InChI is InChI=1S/C22H26S2/c1-3-13-23-15-21-17-9-5-7-11-19(17)22(16-24-14-4-2)20-12-8-6-10-18(20)21/h5-12H,3-4,13-16H2,1-2H3. The lowest BCUT2D eigenvalue weighted by Crippen LogP contribution is -1.95. The largest absolute Gasteiger partial charge is 0.157 e. The van der Waals surface area contributed by atoms with E-state index in [1.54, 1.807) is 0 Å². The van der Waals surface area contributed by atoms with Crippen molar-refractivity contribution in [2.24, 2.45) is 0 Å². The van der Waals surface area contributed by atoms with Crippen molar-refractivity contribution in [3.05, 3.63) is 59.7 Å². The Labute approximate surface area is 154 Å². The number of hydrogen-bond donors (Lipinski definition) is 0. The van der Waals surface area contributed by atoms with Crippen LogP contribution in [0.1, 0.15) is 37.8 Å². The van der Waals surface area contributed by atoms with Gasteiger partial charge in [-0.1, -0.05) is 62.4 Å². The van der Waals surface area contributed by atoms with E-state index in [-0.39, 0.29) is 0 Å². The highest BCUT2D eigenvalue weighted by molar-refractivity contribution is 7.98. The minimum absolute atomic E-state index is 1.11. The van der Waals surface area contributed by atoms with Crippen LogP contribution in [0, 0.1) is 0 Å². The number of thioether (sulfide) groups is 2. The third kappa shape index (κ3) is 3.75. The van der Waals surface area contributed by atoms with E-state index < -0.39 is 0 Å². The lowest BCUT2D eigenvalue weighted by atomic mass is 9.93. The third-order valence-corrected chi connectivity index (χ3v) is 6.72. The molecule has 0 aliphatic carbocycles. The van der Waals surface area contributed by atoms with E-state index in [0.717, 1.165) is 11.5 Å². The molecule has 0 N–H and O–H groups in total. The van der Waals surface area contributed by atoms with E-state index >= 15 is 0 Å². The van der Waals surface area contributed by atoms with Crippen LogP contribution < -0.4 is 0 Å². The Balaban J connectivity index is 2.17. The highest BCUT2D eigenvalue weighted by Gasteiger charge is 2.13. The zero-order valence-electron chi connectivity index (χ0n) is 14.7. The normalized spacial score (nSPS) is 11.4. The average Bonchev–Trinajstić information content (AvgIpc) is 2.63. The van der Waals surface area contributed by atoms with Gasteiger partial charge in [-0.2, -0.15) is 23.5 Å². The molecular weight excluding hydrogens is 328 g/mol. The monoisotopic (exact) mass is 354 g/mol. The van der Waals surface area contributed by atoms with Crippen molar-refractivity contribution in [3.8, 4) is 0 Å². The Bertz CT molecular complexity index is 683. The lowest BCUT2D eigenvalue weighted by Gasteiger charge is -2.16. The van der Waals surface area contributed by atoms with Crippen LogP contribution in [0.2, 0.25) is 0 Å². The van der Waals surface area contributed by atoms with Crippen LogP contribution in [0.5, 0.6) is 0 Å². The summed E-state index contributed by atoms with van der Waals surface area (Å²) in [7, 11) is 0. The van der Waals surface area contributed by atoms with Gasteiger partial charge in [-0.25, -0.2) is 0 Å². The predicted molar refractivity (Wildman–Crippen MR) is 114 cm³/mol. The summed E-state index contributed by atoms with van der Waals surface area (Å²) in [6.07, 6.45) is 2.48. The smallest absolute Gasteiger partial charge is 0.0196 e. The molecule has 0 unspecified atom stereocenters. The van der Waals surface area contributed by atoms with Crippen LogP contribution in [0.25, 0.3) is 21.5 Å². The number of fused-ring (bicyclic) bond motifs is 2. The topological polar surface area (TPSA) is 0 Å². The molecule has 3 aromatic rings. The Morgan fingerprint density at radius 1 is 0.583 bits per heavy atom. The number of hydrogen-bond acceptors (Lipinski definition) is 2. The van der Waals surface area contributed by atoms with Crippen LogP contribution in [0.15, 0.2) is 48.5 Å². The maximum absolute atomic E-state index is 2.32. The van der Waals surface area contributed by atoms with Crippen molar-refractivity contribution < 1.29 is 0 Å². The van der Waals surface area contributed by atoms with Gasteiger partial charge in [0, 0.05) is 11.5 Å². The Kier molecular flexibility index (Phi) is 6.51. The summed E-state index contributed by atoms with van der Waals surface area (Å²) in [4.78, 5) is 0. The second-order valence-electron chi connectivity index (χ2n) is 6.15. The molecule has 0 aliphatic heterocycles. The summed E-state index contributed by atoms with van der Waals surface area (Å²) in [5.41, 5.74) is 3.03. The molecule has 0 amide bonds. The van der Waals surface area contributed by atoms with Crippen LogP contribution in [0.4, 0.5) is 0 Å². The molecule has 24 heavy (non-hydrogen) atoms. The Morgan fingerprint density at radius 3 is 1.21 bits per heavy atom. The molecule has 0 saturated carbocycles. The van der Waals surface area contributed by atoms with E-state index in [1.165, 1.54) is 57.0 Å². The Hall–Kier alpha value is -1.12. The first-order chi connectivity index (χ1) is 11.9. The summed E-state index contributed by atoms with van der Waals surface area (Å²) in [6, 6.07) is 18.0. The molecule has 126 valence electrons. The van der Waals surface area contributed by atoms with Crippen LogP contribution in [0.3, 0.4) is 0 Å². The molecule has 0 radical (unpaired) electrons. The maximum Gasteiger partial charge on any atom is 0.0196 e. The zero-order chi connectivity index (χ0) is 16.8. The van der Waals surface area contributed by atoms with Gasteiger partial charge in [0.15, 0.2) is 0 Å². The molecule has 0 saturated heterocycles. The summed E-state index contributed by atoms with van der Waals surface area (Å²) >= 11 is 4.12. The highest BCUT2D eigenvalue weighted by Crippen LogP contribution is 2.36. The van der Waals surface area contributed by atoms with Gasteiger partial charge in [0.1, 0.15) is 0 Å². The SMILES string of the molecule is CCCSCc1c2ccccc2c(CSCCC)c2ccccc12. The summed E-state index contributed by atoms with van der Waals surface area (Å²) < 4.78 is 0. The number of rotatable bonds is 8. The summed E-state index contributed by atoms with van der Waals surface area (Å²) in [5.74, 6) is 4.68. The van der Waals surface area contributed by atoms with Crippen molar-refractivity contribution >= 4 is 45.1 Å². The van der Waals surface area contributed by atoms with Gasteiger partial charge < -0.3 is 0 Å². The second kappa shape index (κ2) is 8.82. The van der Waals surface area contributed by atoms with Gasteiger partial charge >= 0.3 is 0 Å². The van der Waals surface area contributed by atoms with E-state index in [4.69, 9.17) is 0 Å². The minimum atomic E-state index is 1.11. The van der Waals surface area contributed by atoms with Gasteiger partial charge in [0.2, 0.25) is 0 Å². The minimum Gasteiger partial charge on any atom is -0.157 e. The molecular formula is C22H26S2. The van der Waals surface area contributed by atoms with Gasteiger partial charge in [0.25, 0.3) is 0 Å². The van der Waals surface area contributed by atoms with Crippen molar-refractivity contribution in [3.63, 3.8) is 0 Å². The van der Waals surface area contributed by atoms with Crippen molar-refractivity contribution in [1.82, 2.24) is 0 Å². The van der Waals surface area contributed by atoms with Gasteiger partial charge in [-0.15, -0.1) is 0 Å². The van der Waals surface area contributed by atoms with Gasteiger partial charge in [0.05, 0.1) is 0 Å². The fourth-order valence-electron chi connectivity index (χ4n) is 3.26. The zero-order valence-corrected chi connectivity index (χ0v) is 16.3. The lowest BCUT2D eigenvalue weighted by molar-refractivity contribution is 1.10. The highest BCUT2D eigenvalue weighted by atomic mass is 32.2. The summed E-state index contributed by atoms with van der Waals surface area (Å²) in [5, 5.41) is 5.80. The Morgan fingerprint density at radius 2 is 0.917 bits per heavy atom. The first-order valence-corrected chi connectivity index (χ1v) is 11.2. The fraction of sp³-hybridized carbons (Fsp3) is 0.364. The molecule has 0 fully saturated rings. The fourth-order valence-corrected chi connectivity index (χ4v) is 5.15. The van der Waals surface area contributed by atoms with E-state index in [9.17, 15) is 0 Å². The van der Waals surface area contributed by atoms with E-state index in [0.29, 0.717) is 0 Å². The van der Waals surface area contributed by atoms with Gasteiger partial charge in [-0.3, -0.25) is 0 Å². The van der Waals surface area contributed by atoms with Crippen LogP contribution in [-0.4, -0.2) is 11.5 Å². The second-order valence-corrected chi connectivity index (χ2v) is 8.36. The van der Waals surface area contributed by atoms with Crippen molar-refractivity contribution in [1.29, 1.82) is 0 Å². The molecule has 3 aromatic carbocycles. The first kappa shape index (κ1) is 17.7. The molecule has 2 heteroatoms. The maximum atomic E-state index is 2.32. The molecule has 0 nitrogen and oxygen atoms in total. The molecule has 3 rings (SSSR count). The van der Waals surface area contributed by atoms with Crippen molar-refractivity contribution in [2.75, 3.05) is 11.5 Å². The molecule has 0 bridgehead atoms. The average molecular weight is 355 g/mol.